The molecule has 0 saturated carbocycles. The van der Waals surface area contributed by atoms with Crippen molar-refractivity contribution < 1.29 is 18.3 Å². The standard InChI is InChI=1S/C12H18N2O4S/c1-12(2,19(3,17)18)7-14-10-8(11(15)16)5-4-6-9(10)13/h4-6,14H,7,13H2,1-3H3,(H,15,16). The fourth-order valence-corrected chi connectivity index (χ4v) is 1.71. The summed E-state index contributed by atoms with van der Waals surface area (Å²) in [6, 6.07) is 4.50. The highest BCUT2D eigenvalue weighted by Gasteiger charge is 2.30. The van der Waals surface area contributed by atoms with E-state index in [-0.39, 0.29) is 23.5 Å². The van der Waals surface area contributed by atoms with Gasteiger partial charge in [-0.05, 0) is 26.0 Å². The van der Waals surface area contributed by atoms with Gasteiger partial charge in [-0.25, -0.2) is 13.2 Å². The average Bonchev–Trinajstić information content (AvgIpc) is 2.25. The van der Waals surface area contributed by atoms with E-state index >= 15 is 0 Å². The van der Waals surface area contributed by atoms with Crippen LogP contribution < -0.4 is 11.1 Å². The lowest BCUT2D eigenvalue weighted by atomic mass is 10.1. The molecule has 1 aromatic rings. The van der Waals surface area contributed by atoms with Gasteiger partial charge in [-0.2, -0.15) is 0 Å². The molecule has 0 saturated heterocycles. The Bertz CT molecular complexity index is 594. The van der Waals surface area contributed by atoms with E-state index in [2.05, 4.69) is 5.32 Å². The van der Waals surface area contributed by atoms with Crippen molar-refractivity contribution in [2.24, 2.45) is 0 Å². The molecular weight excluding hydrogens is 268 g/mol. The van der Waals surface area contributed by atoms with E-state index < -0.39 is 20.6 Å². The zero-order chi connectivity index (χ0) is 14.8. The molecule has 106 valence electrons. The summed E-state index contributed by atoms with van der Waals surface area (Å²) in [5.41, 5.74) is 6.25. The Morgan fingerprint density at radius 2 is 2.00 bits per heavy atom. The zero-order valence-electron chi connectivity index (χ0n) is 11.1. The summed E-state index contributed by atoms with van der Waals surface area (Å²) in [6.45, 7) is 3.20. The number of nitrogen functional groups attached to an aromatic ring is 1. The van der Waals surface area contributed by atoms with Gasteiger partial charge in [0.2, 0.25) is 0 Å². The minimum atomic E-state index is -3.27. The summed E-state index contributed by atoms with van der Waals surface area (Å²) in [4.78, 5) is 11.1. The molecule has 0 heterocycles. The van der Waals surface area contributed by atoms with Crippen LogP contribution in [0.5, 0.6) is 0 Å². The van der Waals surface area contributed by atoms with Gasteiger partial charge in [0, 0.05) is 12.8 Å². The molecule has 4 N–H and O–H groups in total. The number of sulfone groups is 1. The minimum absolute atomic E-state index is 0.0179. The van der Waals surface area contributed by atoms with E-state index in [1.165, 1.54) is 12.1 Å². The second-order valence-corrected chi connectivity index (χ2v) is 7.61. The maximum Gasteiger partial charge on any atom is 0.337 e. The van der Waals surface area contributed by atoms with Gasteiger partial charge < -0.3 is 16.2 Å². The Labute approximate surface area is 112 Å². The van der Waals surface area contributed by atoms with Crippen LogP contribution >= 0.6 is 0 Å². The van der Waals surface area contributed by atoms with Crippen molar-refractivity contribution in [3.8, 4) is 0 Å². The number of anilines is 2. The number of para-hydroxylation sites is 1. The van der Waals surface area contributed by atoms with Gasteiger partial charge >= 0.3 is 5.97 Å². The molecule has 1 aromatic carbocycles. The Morgan fingerprint density at radius 1 is 1.42 bits per heavy atom. The van der Waals surface area contributed by atoms with Crippen molar-refractivity contribution in [2.45, 2.75) is 18.6 Å². The van der Waals surface area contributed by atoms with Crippen LogP contribution in [0.15, 0.2) is 18.2 Å². The lowest BCUT2D eigenvalue weighted by molar-refractivity contribution is 0.0698. The lowest BCUT2D eigenvalue weighted by Crippen LogP contribution is -2.38. The van der Waals surface area contributed by atoms with Gasteiger partial charge in [-0.15, -0.1) is 0 Å². The first kappa shape index (κ1) is 15.3. The Kier molecular flexibility index (Phi) is 4.09. The van der Waals surface area contributed by atoms with Gasteiger partial charge in [0.05, 0.1) is 21.7 Å². The van der Waals surface area contributed by atoms with Gasteiger partial charge in [-0.1, -0.05) is 6.07 Å². The molecule has 0 radical (unpaired) electrons. The molecule has 0 atom stereocenters. The topological polar surface area (TPSA) is 109 Å². The van der Waals surface area contributed by atoms with Gasteiger partial charge in [0.1, 0.15) is 0 Å². The number of hydrogen-bond acceptors (Lipinski definition) is 5. The van der Waals surface area contributed by atoms with E-state index in [1.807, 2.05) is 0 Å². The SMILES string of the molecule is CC(C)(CNc1c(N)cccc1C(=O)O)S(C)(=O)=O. The third-order valence-corrected chi connectivity index (χ3v) is 5.17. The maximum absolute atomic E-state index is 11.6. The van der Waals surface area contributed by atoms with Crippen molar-refractivity contribution >= 4 is 27.2 Å². The number of hydrogen-bond donors (Lipinski definition) is 3. The first-order valence-corrected chi connectivity index (χ1v) is 7.50. The first-order valence-electron chi connectivity index (χ1n) is 5.61. The van der Waals surface area contributed by atoms with Crippen molar-refractivity contribution in [1.29, 1.82) is 0 Å². The molecule has 0 aliphatic carbocycles. The maximum atomic E-state index is 11.6. The normalized spacial score (nSPS) is 12.2. The summed E-state index contributed by atoms with van der Waals surface area (Å²) >= 11 is 0. The van der Waals surface area contributed by atoms with Crippen LogP contribution in [0.25, 0.3) is 0 Å². The summed E-state index contributed by atoms with van der Waals surface area (Å²) in [5.74, 6) is -1.12. The molecule has 0 bridgehead atoms. The molecular formula is C12H18N2O4S. The molecule has 0 aliphatic heterocycles. The van der Waals surface area contributed by atoms with Crippen LogP contribution in [-0.4, -0.2) is 37.0 Å². The van der Waals surface area contributed by atoms with Gasteiger partial charge in [-0.3, -0.25) is 0 Å². The van der Waals surface area contributed by atoms with Crippen molar-refractivity contribution in [2.75, 3.05) is 23.9 Å². The van der Waals surface area contributed by atoms with Gasteiger partial charge in [0.15, 0.2) is 9.84 Å². The van der Waals surface area contributed by atoms with Crippen LogP contribution in [0.1, 0.15) is 24.2 Å². The quantitative estimate of drug-likeness (QED) is 0.702. The van der Waals surface area contributed by atoms with E-state index in [1.54, 1.807) is 19.9 Å². The zero-order valence-corrected chi connectivity index (χ0v) is 11.9. The number of carboxylic acid groups (broad SMARTS) is 1. The monoisotopic (exact) mass is 286 g/mol. The summed E-state index contributed by atoms with van der Waals surface area (Å²) < 4.78 is 22.2. The summed E-state index contributed by atoms with van der Waals surface area (Å²) in [6.07, 6.45) is 1.14. The van der Waals surface area contributed by atoms with Crippen LogP contribution in [0, 0.1) is 0 Å². The molecule has 0 unspecified atom stereocenters. The second-order valence-electron chi connectivity index (χ2n) is 4.96. The van der Waals surface area contributed by atoms with E-state index in [4.69, 9.17) is 10.8 Å². The van der Waals surface area contributed by atoms with Gasteiger partial charge in [0.25, 0.3) is 0 Å². The third-order valence-electron chi connectivity index (χ3n) is 3.02. The number of carbonyl (C=O) groups is 1. The predicted molar refractivity (Wildman–Crippen MR) is 75.2 cm³/mol. The summed E-state index contributed by atoms with van der Waals surface area (Å²) in [7, 11) is -3.27. The number of benzene rings is 1. The smallest absolute Gasteiger partial charge is 0.337 e. The fourth-order valence-electron chi connectivity index (χ4n) is 1.38. The predicted octanol–water partition coefficient (Wildman–Crippen LogP) is 1.20. The van der Waals surface area contributed by atoms with Crippen LogP contribution in [0.4, 0.5) is 11.4 Å². The van der Waals surface area contributed by atoms with E-state index in [0.717, 1.165) is 6.26 Å². The van der Waals surface area contributed by atoms with Crippen LogP contribution in [-0.2, 0) is 9.84 Å². The van der Waals surface area contributed by atoms with Crippen molar-refractivity contribution in [3.63, 3.8) is 0 Å². The second kappa shape index (κ2) is 5.08. The van der Waals surface area contributed by atoms with Crippen LogP contribution in [0.3, 0.4) is 0 Å². The van der Waals surface area contributed by atoms with Crippen LogP contribution in [0.2, 0.25) is 0 Å². The van der Waals surface area contributed by atoms with Crippen molar-refractivity contribution in [3.05, 3.63) is 23.8 Å². The number of nitrogens with two attached hydrogens (primary N) is 1. The number of nitrogens with one attached hydrogen (secondary N) is 1. The first-order chi connectivity index (χ1) is 8.56. The Balaban J connectivity index is 3.05. The molecule has 0 aliphatic rings. The highest BCUT2D eigenvalue weighted by molar-refractivity contribution is 7.92. The minimum Gasteiger partial charge on any atom is -0.478 e. The Hall–Kier alpha value is -1.76. The third kappa shape index (κ3) is 3.37. The molecule has 6 nitrogen and oxygen atoms in total. The Morgan fingerprint density at radius 3 is 2.47 bits per heavy atom. The molecule has 7 heteroatoms. The average molecular weight is 286 g/mol. The molecule has 1 rings (SSSR count). The number of carboxylic acids is 1. The van der Waals surface area contributed by atoms with E-state index in [0.29, 0.717) is 0 Å². The largest absolute Gasteiger partial charge is 0.478 e. The highest BCUT2D eigenvalue weighted by atomic mass is 32.2. The number of aromatic carboxylic acids is 1. The molecule has 0 spiro atoms. The molecule has 0 aromatic heterocycles. The molecule has 19 heavy (non-hydrogen) atoms. The summed E-state index contributed by atoms with van der Waals surface area (Å²) in [5, 5.41) is 11.9. The van der Waals surface area contributed by atoms with Crippen molar-refractivity contribution in [1.82, 2.24) is 0 Å². The highest BCUT2D eigenvalue weighted by Crippen LogP contribution is 2.25. The molecule has 0 amide bonds. The fraction of sp³-hybridized carbons (Fsp3) is 0.417. The van der Waals surface area contributed by atoms with E-state index in [9.17, 15) is 13.2 Å². The lowest BCUT2D eigenvalue weighted by Gasteiger charge is -2.24. The number of rotatable bonds is 5. The molecule has 0 fully saturated rings.